The minimum Gasteiger partial charge on any atom is -0.373 e. The van der Waals surface area contributed by atoms with Crippen LogP contribution in [0.4, 0.5) is 5.69 Å². The van der Waals surface area contributed by atoms with Gasteiger partial charge < -0.3 is 9.80 Å². The lowest BCUT2D eigenvalue weighted by molar-refractivity contribution is 0.132. The fraction of sp³-hybridized carbons (Fsp3) is 0.567. The van der Waals surface area contributed by atoms with Gasteiger partial charge in [-0.25, -0.2) is 0 Å². The Kier molecular flexibility index (Phi) is 9.99. The van der Waals surface area contributed by atoms with E-state index in [-0.39, 0.29) is 0 Å². The van der Waals surface area contributed by atoms with Crippen molar-refractivity contribution in [1.82, 2.24) is 9.80 Å². The van der Waals surface area contributed by atoms with Crippen LogP contribution < -0.4 is 4.90 Å². The molecule has 2 aromatic rings. The predicted molar refractivity (Wildman–Crippen MR) is 145 cm³/mol. The standard InChI is InChI=1S/C30H44N4/c1-6-26(27-13-14-28(23-31)25(4)22-27)10-9-15-33-18-20-34(21-19-33)17-16-32(5)30-12-8-7-11-29(30)24(2)3/h7-8,11-14,22,24,26H,6,9-10,15-21H2,1-5H3. The summed E-state index contributed by atoms with van der Waals surface area (Å²) in [7, 11) is 2.23. The number of hydrogen-bond donors (Lipinski definition) is 0. The topological polar surface area (TPSA) is 33.5 Å². The molecule has 184 valence electrons. The van der Waals surface area contributed by atoms with Gasteiger partial charge in [0.1, 0.15) is 0 Å². The first-order chi connectivity index (χ1) is 16.4. The van der Waals surface area contributed by atoms with Crippen LogP contribution in [0.25, 0.3) is 0 Å². The van der Waals surface area contributed by atoms with E-state index >= 15 is 0 Å². The summed E-state index contributed by atoms with van der Waals surface area (Å²) in [6.45, 7) is 17.0. The van der Waals surface area contributed by atoms with Crippen LogP contribution >= 0.6 is 0 Å². The molecular weight excluding hydrogens is 416 g/mol. The van der Waals surface area contributed by atoms with Crippen LogP contribution in [-0.2, 0) is 0 Å². The predicted octanol–water partition coefficient (Wildman–Crippen LogP) is 6.02. The van der Waals surface area contributed by atoms with Crippen molar-refractivity contribution in [3.63, 3.8) is 0 Å². The van der Waals surface area contributed by atoms with Crippen molar-refractivity contribution in [3.8, 4) is 6.07 Å². The van der Waals surface area contributed by atoms with Gasteiger partial charge in [-0.1, -0.05) is 51.1 Å². The first-order valence-corrected chi connectivity index (χ1v) is 13.2. The van der Waals surface area contributed by atoms with E-state index in [0.29, 0.717) is 11.8 Å². The van der Waals surface area contributed by atoms with Gasteiger partial charge in [0.2, 0.25) is 0 Å². The normalized spacial score (nSPS) is 15.9. The Labute approximate surface area is 208 Å². The van der Waals surface area contributed by atoms with Gasteiger partial charge in [-0.2, -0.15) is 5.26 Å². The first kappa shape index (κ1) is 26.3. The molecule has 4 nitrogen and oxygen atoms in total. The van der Waals surface area contributed by atoms with Crippen LogP contribution in [0.3, 0.4) is 0 Å². The highest BCUT2D eigenvalue weighted by atomic mass is 15.3. The maximum Gasteiger partial charge on any atom is 0.0994 e. The van der Waals surface area contributed by atoms with Crippen LogP contribution in [0, 0.1) is 18.3 Å². The number of nitriles is 1. The minimum atomic E-state index is 0.551. The Hall–Kier alpha value is -2.35. The second-order valence-corrected chi connectivity index (χ2v) is 10.3. The third kappa shape index (κ3) is 7.08. The van der Waals surface area contributed by atoms with Gasteiger partial charge in [-0.05, 0) is 73.4 Å². The monoisotopic (exact) mass is 460 g/mol. The number of anilines is 1. The number of benzene rings is 2. The summed E-state index contributed by atoms with van der Waals surface area (Å²) in [5, 5.41) is 9.19. The highest BCUT2D eigenvalue weighted by Crippen LogP contribution is 2.27. The summed E-state index contributed by atoms with van der Waals surface area (Å²) >= 11 is 0. The summed E-state index contributed by atoms with van der Waals surface area (Å²) in [6, 6.07) is 17.5. The molecule has 0 amide bonds. The van der Waals surface area contributed by atoms with Crippen LogP contribution in [0.15, 0.2) is 42.5 Å². The molecule has 1 saturated heterocycles. The average molecular weight is 461 g/mol. The van der Waals surface area contributed by atoms with E-state index in [0.717, 1.165) is 30.6 Å². The van der Waals surface area contributed by atoms with Crippen LogP contribution in [0.5, 0.6) is 0 Å². The molecule has 1 heterocycles. The van der Waals surface area contributed by atoms with E-state index in [2.05, 4.69) is 91.9 Å². The van der Waals surface area contributed by atoms with Crippen LogP contribution in [0.2, 0.25) is 0 Å². The zero-order valence-electron chi connectivity index (χ0n) is 22.1. The molecule has 34 heavy (non-hydrogen) atoms. The fourth-order valence-corrected chi connectivity index (χ4v) is 5.21. The van der Waals surface area contributed by atoms with Crippen LogP contribution in [-0.4, -0.2) is 62.7 Å². The minimum absolute atomic E-state index is 0.551. The Bertz CT molecular complexity index is 937. The molecule has 1 aliphatic rings. The molecule has 1 fully saturated rings. The molecule has 1 unspecified atom stereocenters. The lowest BCUT2D eigenvalue weighted by Gasteiger charge is -2.36. The summed E-state index contributed by atoms with van der Waals surface area (Å²) < 4.78 is 0. The second kappa shape index (κ2) is 12.9. The van der Waals surface area contributed by atoms with Gasteiger partial charge in [-0.15, -0.1) is 0 Å². The van der Waals surface area contributed by atoms with Crippen molar-refractivity contribution < 1.29 is 0 Å². The number of nitrogens with zero attached hydrogens (tertiary/aromatic N) is 4. The molecule has 1 atom stereocenters. The molecule has 0 bridgehead atoms. The van der Waals surface area contributed by atoms with Gasteiger partial charge in [0.25, 0.3) is 0 Å². The lowest BCUT2D eigenvalue weighted by atomic mass is 9.90. The van der Waals surface area contributed by atoms with Gasteiger partial charge in [0, 0.05) is 52.0 Å². The van der Waals surface area contributed by atoms with E-state index in [1.165, 1.54) is 62.4 Å². The van der Waals surface area contributed by atoms with E-state index in [4.69, 9.17) is 0 Å². The molecule has 4 heteroatoms. The smallest absolute Gasteiger partial charge is 0.0994 e. The van der Waals surface area contributed by atoms with Crippen molar-refractivity contribution in [1.29, 1.82) is 5.26 Å². The van der Waals surface area contributed by atoms with Crippen molar-refractivity contribution in [2.75, 3.05) is 57.8 Å². The third-order valence-corrected chi connectivity index (χ3v) is 7.55. The molecule has 0 radical (unpaired) electrons. The van der Waals surface area contributed by atoms with Gasteiger partial charge in [-0.3, -0.25) is 4.90 Å². The van der Waals surface area contributed by atoms with Crippen LogP contribution in [0.1, 0.15) is 74.1 Å². The van der Waals surface area contributed by atoms with E-state index in [1.54, 1.807) is 0 Å². The zero-order valence-corrected chi connectivity index (χ0v) is 22.1. The van der Waals surface area contributed by atoms with Crippen molar-refractivity contribution in [3.05, 3.63) is 64.7 Å². The summed E-state index contributed by atoms with van der Waals surface area (Å²) in [6.07, 6.45) is 3.63. The number of piperazine rings is 1. The third-order valence-electron chi connectivity index (χ3n) is 7.55. The first-order valence-electron chi connectivity index (χ1n) is 13.2. The molecule has 0 aromatic heterocycles. The maximum atomic E-state index is 9.19. The highest BCUT2D eigenvalue weighted by molar-refractivity contribution is 5.54. The molecule has 2 aromatic carbocycles. The zero-order chi connectivity index (χ0) is 24.5. The van der Waals surface area contributed by atoms with Gasteiger partial charge in [0.15, 0.2) is 0 Å². The Balaban J connectivity index is 1.39. The van der Waals surface area contributed by atoms with Crippen molar-refractivity contribution >= 4 is 5.69 Å². The summed E-state index contributed by atoms with van der Waals surface area (Å²) in [5.74, 6) is 1.15. The fourth-order valence-electron chi connectivity index (χ4n) is 5.21. The second-order valence-electron chi connectivity index (χ2n) is 10.3. The summed E-state index contributed by atoms with van der Waals surface area (Å²) in [4.78, 5) is 7.70. The number of rotatable bonds is 11. The van der Waals surface area contributed by atoms with Crippen molar-refractivity contribution in [2.45, 2.75) is 58.8 Å². The number of likely N-dealkylation sites (N-methyl/N-ethyl adjacent to an activating group) is 1. The molecule has 0 saturated carbocycles. The largest absolute Gasteiger partial charge is 0.373 e. The SMILES string of the molecule is CCC(CCCN1CCN(CCN(C)c2ccccc2C(C)C)CC1)c1ccc(C#N)c(C)c1. The number of hydrogen-bond acceptors (Lipinski definition) is 4. The Morgan fingerprint density at radius 1 is 1.00 bits per heavy atom. The molecule has 0 N–H and O–H groups in total. The van der Waals surface area contributed by atoms with Gasteiger partial charge >= 0.3 is 0 Å². The Morgan fingerprint density at radius 2 is 1.68 bits per heavy atom. The highest BCUT2D eigenvalue weighted by Gasteiger charge is 2.18. The Morgan fingerprint density at radius 3 is 2.29 bits per heavy atom. The number of aryl methyl sites for hydroxylation is 1. The van der Waals surface area contributed by atoms with Crippen molar-refractivity contribution in [2.24, 2.45) is 0 Å². The molecule has 3 rings (SSSR count). The molecule has 0 spiro atoms. The molecular formula is C30H44N4. The van der Waals surface area contributed by atoms with Gasteiger partial charge in [0.05, 0.1) is 11.6 Å². The average Bonchev–Trinajstić information content (AvgIpc) is 2.85. The lowest BCUT2D eigenvalue weighted by Crippen LogP contribution is -2.48. The van der Waals surface area contributed by atoms with E-state index < -0.39 is 0 Å². The number of para-hydroxylation sites is 1. The molecule has 1 aliphatic heterocycles. The van der Waals surface area contributed by atoms with E-state index in [9.17, 15) is 5.26 Å². The maximum absolute atomic E-state index is 9.19. The molecule has 0 aliphatic carbocycles. The quantitative estimate of drug-likeness (QED) is 0.411. The van der Waals surface area contributed by atoms with E-state index in [1.807, 2.05) is 6.07 Å². The summed E-state index contributed by atoms with van der Waals surface area (Å²) in [5.41, 5.74) is 6.11.